The third-order valence-corrected chi connectivity index (χ3v) is 6.30. The van der Waals surface area contributed by atoms with E-state index in [1.54, 1.807) is 24.3 Å². The van der Waals surface area contributed by atoms with Crippen LogP contribution in [0.15, 0.2) is 28.7 Å². The third kappa shape index (κ3) is 5.76. The van der Waals surface area contributed by atoms with Gasteiger partial charge in [0.15, 0.2) is 9.84 Å². The Morgan fingerprint density at radius 2 is 1.87 bits per heavy atom. The van der Waals surface area contributed by atoms with Crippen LogP contribution in [0.5, 0.6) is 0 Å². The Morgan fingerprint density at radius 3 is 2.35 bits per heavy atom. The lowest BCUT2D eigenvalue weighted by molar-refractivity contribution is 0.0927. The van der Waals surface area contributed by atoms with Crippen molar-refractivity contribution in [3.63, 3.8) is 0 Å². The average molecular weight is 465 g/mol. The molecule has 23 heavy (non-hydrogen) atoms. The SMILES string of the molecule is O=C(N[C@H](N[C@@H]1CCS(=O)(=O)C1)C(Cl)(Cl)Cl)c1ccc(Br)cc1. The largest absolute Gasteiger partial charge is 0.333 e. The molecule has 1 saturated heterocycles. The number of hydrogen-bond donors (Lipinski definition) is 2. The second kappa shape index (κ2) is 7.45. The standard InChI is InChI=1S/C13H14BrCl3N2O3S/c14-9-3-1-8(2-4-9)11(20)19-12(13(15,16)17)18-10-5-6-23(21,22)7-10/h1-4,10,12,18H,5-7H2,(H,19,20)/t10-,12+/m1/s1. The lowest BCUT2D eigenvalue weighted by Crippen LogP contribution is -2.56. The second-order valence-corrected chi connectivity index (χ2v) is 10.7. The van der Waals surface area contributed by atoms with Crippen LogP contribution in [0, 0.1) is 0 Å². The molecule has 2 N–H and O–H groups in total. The highest BCUT2D eigenvalue weighted by molar-refractivity contribution is 9.10. The minimum absolute atomic E-state index is 0.0433. The summed E-state index contributed by atoms with van der Waals surface area (Å²) in [5.74, 6) is -0.391. The molecule has 1 aliphatic heterocycles. The molecule has 1 heterocycles. The number of carbonyl (C=O) groups is 1. The maximum atomic E-state index is 12.3. The highest BCUT2D eigenvalue weighted by Crippen LogP contribution is 2.30. The van der Waals surface area contributed by atoms with Gasteiger partial charge in [0.05, 0.1) is 11.5 Å². The molecule has 1 aromatic carbocycles. The van der Waals surface area contributed by atoms with E-state index in [0.29, 0.717) is 12.0 Å². The van der Waals surface area contributed by atoms with Crippen LogP contribution < -0.4 is 10.6 Å². The molecule has 1 fully saturated rings. The minimum atomic E-state index is -3.08. The summed E-state index contributed by atoms with van der Waals surface area (Å²) in [6, 6.07) is 6.31. The van der Waals surface area contributed by atoms with Gasteiger partial charge in [0.25, 0.3) is 5.91 Å². The van der Waals surface area contributed by atoms with E-state index in [1.807, 2.05) is 0 Å². The van der Waals surface area contributed by atoms with Crippen LogP contribution >= 0.6 is 50.7 Å². The van der Waals surface area contributed by atoms with Gasteiger partial charge in [-0.05, 0) is 30.7 Å². The van der Waals surface area contributed by atoms with E-state index in [-0.39, 0.29) is 17.5 Å². The maximum absolute atomic E-state index is 12.3. The first-order valence-electron chi connectivity index (χ1n) is 6.66. The third-order valence-electron chi connectivity index (χ3n) is 3.34. The van der Waals surface area contributed by atoms with E-state index in [4.69, 9.17) is 34.8 Å². The molecule has 1 aromatic rings. The summed E-state index contributed by atoms with van der Waals surface area (Å²) in [5, 5.41) is 5.50. The topological polar surface area (TPSA) is 75.3 Å². The molecule has 10 heteroatoms. The lowest BCUT2D eigenvalue weighted by atomic mass is 10.2. The number of hydrogen-bond acceptors (Lipinski definition) is 4. The molecule has 1 amide bonds. The van der Waals surface area contributed by atoms with E-state index in [1.165, 1.54) is 0 Å². The van der Waals surface area contributed by atoms with Gasteiger partial charge >= 0.3 is 0 Å². The van der Waals surface area contributed by atoms with Gasteiger partial charge in [-0.15, -0.1) is 0 Å². The number of carbonyl (C=O) groups excluding carboxylic acids is 1. The first kappa shape index (κ1) is 19.3. The van der Waals surface area contributed by atoms with E-state index in [9.17, 15) is 13.2 Å². The van der Waals surface area contributed by atoms with Crippen molar-refractivity contribution in [2.75, 3.05) is 11.5 Å². The fourth-order valence-electron chi connectivity index (χ4n) is 2.20. The number of amides is 1. The number of halogens is 4. The molecule has 0 radical (unpaired) electrons. The Morgan fingerprint density at radius 1 is 1.26 bits per heavy atom. The summed E-state index contributed by atoms with van der Waals surface area (Å²) in [7, 11) is -3.08. The van der Waals surface area contributed by atoms with Crippen LogP contribution in [0.1, 0.15) is 16.8 Å². The number of benzene rings is 1. The van der Waals surface area contributed by atoms with Gasteiger partial charge in [0.2, 0.25) is 3.79 Å². The quantitative estimate of drug-likeness (QED) is 0.531. The number of rotatable bonds is 4. The van der Waals surface area contributed by atoms with E-state index in [0.717, 1.165) is 4.47 Å². The molecular weight excluding hydrogens is 450 g/mol. The van der Waals surface area contributed by atoms with Gasteiger partial charge in [-0.2, -0.15) is 0 Å². The average Bonchev–Trinajstić information content (AvgIpc) is 2.77. The van der Waals surface area contributed by atoms with E-state index < -0.39 is 25.7 Å². The van der Waals surface area contributed by atoms with Crippen molar-refractivity contribution in [2.45, 2.75) is 22.4 Å². The van der Waals surface area contributed by atoms with Gasteiger partial charge in [-0.25, -0.2) is 8.42 Å². The Hall–Kier alpha value is -0.0500. The fourth-order valence-corrected chi connectivity index (χ4v) is 4.50. The van der Waals surface area contributed by atoms with Gasteiger partial charge < -0.3 is 5.32 Å². The van der Waals surface area contributed by atoms with Crippen LogP contribution in [-0.4, -0.2) is 41.8 Å². The highest BCUT2D eigenvalue weighted by atomic mass is 79.9. The molecule has 0 aromatic heterocycles. The summed E-state index contributed by atoms with van der Waals surface area (Å²) >= 11 is 21.0. The smallest absolute Gasteiger partial charge is 0.252 e. The van der Waals surface area contributed by atoms with E-state index in [2.05, 4.69) is 26.6 Å². The minimum Gasteiger partial charge on any atom is -0.333 e. The molecule has 0 bridgehead atoms. The molecule has 1 aliphatic rings. The zero-order valence-corrected chi connectivity index (χ0v) is 16.4. The molecule has 0 aliphatic carbocycles. The van der Waals surface area contributed by atoms with E-state index >= 15 is 0 Å². The second-order valence-electron chi connectivity index (χ2n) is 5.22. The molecule has 2 rings (SSSR count). The summed E-state index contributed by atoms with van der Waals surface area (Å²) in [5.41, 5.74) is 0.397. The first-order chi connectivity index (χ1) is 10.6. The van der Waals surface area contributed by atoms with Crippen LogP contribution in [0.25, 0.3) is 0 Å². The van der Waals surface area contributed by atoms with Crippen LogP contribution in [0.3, 0.4) is 0 Å². The molecular formula is C13H14BrCl3N2O3S. The molecule has 0 unspecified atom stereocenters. The monoisotopic (exact) mass is 462 g/mol. The summed E-state index contributed by atoms with van der Waals surface area (Å²) in [6.45, 7) is 0. The van der Waals surface area contributed by atoms with Crippen molar-refractivity contribution in [3.05, 3.63) is 34.3 Å². The molecule has 0 spiro atoms. The lowest BCUT2D eigenvalue weighted by Gasteiger charge is -2.29. The van der Waals surface area contributed by atoms with Crippen LogP contribution in [0.4, 0.5) is 0 Å². The van der Waals surface area contributed by atoms with Gasteiger partial charge in [0.1, 0.15) is 6.17 Å². The normalized spacial score (nSPS) is 21.8. The van der Waals surface area contributed by atoms with Crippen molar-refractivity contribution in [2.24, 2.45) is 0 Å². The summed E-state index contributed by atoms with van der Waals surface area (Å²) in [6.07, 6.45) is -0.602. The Balaban J connectivity index is 2.07. The van der Waals surface area contributed by atoms with Gasteiger partial charge in [0, 0.05) is 16.1 Å². The van der Waals surface area contributed by atoms with Gasteiger partial charge in [-0.1, -0.05) is 50.7 Å². The molecule has 0 saturated carbocycles. The Bertz CT molecular complexity index is 677. The van der Waals surface area contributed by atoms with Crippen LogP contribution in [-0.2, 0) is 9.84 Å². The summed E-state index contributed by atoms with van der Waals surface area (Å²) in [4.78, 5) is 12.3. The number of sulfone groups is 1. The number of alkyl halides is 3. The van der Waals surface area contributed by atoms with Crippen molar-refractivity contribution >= 4 is 66.5 Å². The maximum Gasteiger partial charge on any atom is 0.252 e. The molecule has 2 atom stereocenters. The van der Waals surface area contributed by atoms with Crippen molar-refractivity contribution in [1.29, 1.82) is 0 Å². The predicted molar refractivity (Wildman–Crippen MR) is 95.9 cm³/mol. The van der Waals surface area contributed by atoms with Crippen molar-refractivity contribution in [1.82, 2.24) is 10.6 Å². The summed E-state index contributed by atoms with van der Waals surface area (Å²) < 4.78 is 22.0. The highest BCUT2D eigenvalue weighted by Gasteiger charge is 2.38. The zero-order valence-electron chi connectivity index (χ0n) is 11.7. The first-order valence-corrected chi connectivity index (χ1v) is 10.4. The predicted octanol–water partition coefficient (Wildman–Crippen LogP) is 2.65. The van der Waals surface area contributed by atoms with Crippen LogP contribution in [0.2, 0.25) is 0 Å². The van der Waals surface area contributed by atoms with Crippen molar-refractivity contribution < 1.29 is 13.2 Å². The zero-order chi connectivity index (χ0) is 17.3. The Labute approximate surface area is 158 Å². The molecule has 128 valence electrons. The molecule has 5 nitrogen and oxygen atoms in total. The van der Waals surface area contributed by atoms with Gasteiger partial charge in [-0.3, -0.25) is 10.1 Å². The Kier molecular flexibility index (Phi) is 6.25. The van der Waals surface area contributed by atoms with Crippen molar-refractivity contribution in [3.8, 4) is 0 Å². The number of nitrogens with one attached hydrogen (secondary N) is 2. The fraction of sp³-hybridized carbons (Fsp3) is 0.462.